The summed E-state index contributed by atoms with van der Waals surface area (Å²) in [5.41, 5.74) is 6.77. The predicted octanol–water partition coefficient (Wildman–Crippen LogP) is 2.35. The normalized spacial score (nSPS) is 14.4. The van der Waals surface area contributed by atoms with Crippen molar-refractivity contribution < 1.29 is 4.79 Å². The van der Waals surface area contributed by atoms with Crippen LogP contribution in [0.4, 0.5) is 5.69 Å². The second kappa shape index (κ2) is 5.28. The highest BCUT2D eigenvalue weighted by atomic mass is 32.1. The molecule has 0 bridgehead atoms. The van der Waals surface area contributed by atoms with Gasteiger partial charge < -0.3 is 10.6 Å². The maximum absolute atomic E-state index is 12.7. The maximum atomic E-state index is 12.7. The molecule has 1 amide bonds. The van der Waals surface area contributed by atoms with Crippen molar-refractivity contribution in [1.29, 1.82) is 0 Å². The van der Waals surface area contributed by atoms with Crippen molar-refractivity contribution in [3.63, 3.8) is 0 Å². The summed E-state index contributed by atoms with van der Waals surface area (Å²) in [6.45, 7) is 3.34. The molecule has 1 aliphatic carbocycles. The minimum absolute atomic E-state index is 0.0504. The third kappa shape index (κ3) is 2.56. The maximum Gasteiger partial charge on any atom is 0.277 e. The van der Waals surface area contributed by atoms with Gasteiger partial charge in [-0.3, -0.25) is 9.48 Å². The van der Waals surface area contributed by atoms with Crippen LogP contribution in [0, 0.1) is 0 Å². The Bertz CT molecular complexity index is 601. The summed E-state index contributed by atoms with van der Waals surface area (Å²) in [6, 6.07) is 4.41. The van der Waals surface area contributed by atoms with Crippen molar-refractivity contribution in [2.75, 3.05) is 5.73 Å². The van der Waals surface area contributed by atoms with Crippen molar-refractivity contribution in [1.82, 2.24) is 14.7 Å². The Hall–Kier alpha value is -1.82. The SMILES string of the molecule is CCn1cc(N)c(C(=O)N(Cc2cccs2)C2CC2)n1. The van der Waals surface area contributed by atoms with Crippen LogP contribution in [0.15, 0.2) is 23.7 Å². The van der Waals surface area contributed by atoms with Crippen LogP contribution in [-0.2, 0) is 13.1 Å². The van der Waals surface area contributed by atoms with E-state index in [0.29, 0.717) is 30.5 Å². The van der Waals surface area contributed by atoms with Crippen LogP contribution < -0.4 is 5.73 Å². The highest BCUT2D eigenvalue weighted by Gasteiger charge is 2.35. The lowest BCUT2D eigenvalue weighted by molar-refractivity contribution is 0.0726. The molecule has 1 aliphatic rings. The molecule has 0 aromatic carbocycles. The van der Waals surface area contributed by atoms with Gasteiger partial charge in [0.25, 0.3) is 5.91 Å². The number of hydrogen-bond acceptors (Lipinski definition) is 4. The van der Waals surface area contributed by atoms with E-state index in [4.69, 9.17) is 5.73 Å². The summed E-state index contributed by atoms with van der Waals surface area (Å²) in [6.07, 6.45) is 3.88. The van der Waals surface area contributed by atoms with Crippen molar-refractivity contribution in [3.8, 4) is 0 Å². The second-order valence-electron chi connectivity index (χ2n) is 5.03. The van der Waals surface area contributed by atoms with Gasteiger partial charge in [0.15, 0.2) is 5.69 Å². The van der Waals surface area contributed by atoms with Crippen LogP contribution in [0.2, 0.25) is 0 Å². The number of hydrogen-bond donors (Lipinski definition) is 1. The van der Waals surface area contributed by atoms with E-state index < -0.39 is 0 Å². The van der Waals surface area contributed by atoms with Gasteiger partial charge in [-0.15, -0.1) is 11.3 Å². The summed E-state index contributed by atoms with van der Waals surface area (Å²) < 4.78 is 1.71. The van der Waals surface area contributed by atoms with Crippen LogP contribution >= 0.6 is 11.3 Å². The molecule has 1 fully saturated rings. The number of rotatable bonds is 5. The van der Waals surface area contributed by atoms with E-state index in [1.54, 1.807) is 22.2 Å². The highest BCUT2D eigenvalue weighted by molar-refractivity contribution is 7.09. The molecule has 0 aliphatic heterocycles. The average molecular weight is 290 g/mol. The van der Waals surface area contributed by atoms with Crippen molar-refractivity contribution in [3.05, 3.63) is 34.3 Å². The van der Waals surface area contributed by atoms with E-state index >= 15 is 0 Å². The van der Waals surface area contributed by atoms with Gasteiger partial charge in [0.1, 0.15) is 0 Å². The zero-order chi connectivity index (χ0) is 14.1. The smallest absolute Gasteiger partial charge is 0.277 e. The lowest BCUT2D eigenvalue weighted by Gasteiger charge is -2.20. The molecule has 3 rings (SSSR count). The molecule has 0 unspecified atom stereocenters. The summed E-state index contributed by atoms with van der Waals surface area (Å²) in [5, 5.41) is 6.33. The Labute approximate surface area is 122 Å². The van der Waals surface area contributed by atoms with Gasteiger partial charge >= 0.3 is 0 Å². The van der Waals surface area contributed by atoms with E-state index in [1.165, 1.54) is 4.88 Å². The first kappa shape index (κ1) is 13.2. The second-order valence-corrected chi connectivity index (χ2v) is 6.06. The number of nitrogens with zero attached hydrogens (tertiary/aromatic N) is 3. The van der Waals surface area contributed by atoms with Crippen LogP contribution in [-0.4, -0.2) is 26.6 Å². The first-order chi connectivity index (χ1) is 9.69. The van der Waals surface area contributed by atoms with Gasteiger partial charge in [-0.05, 0) is 31.2 Å². The molecule has 2 aromatic heterocycles. The summed E-state index contributed by atoms with van der Waals surface area (Å²) in [4.78, 5) is 15.8. The number of aromatic nitrogens is 2. The third-order valence-corrected chi connectivity index (χ3v) is 4.33. The van der Waals surface area contributed by atoms with Gasteiger partial charge in [-0.25, -0.2) is 0 Å². The van der Waals surface area contributed by atoms with E-state index in [1.807, 2.05) is 23.3 Å². The molecule has 0 radical (unpaired) electrons. The number of carbonyl (C=O) groups is 1. The van der Waals surface area contributed by atoms with Crippen LogP contribution in [0.1, 0.15) is 35.1 Å². The average Bonchev–Trinajstić information content (AvgIpc) is 3.01. The molecule has 2 aromatic rings. The lowest BCUT2D eigenvalue weighted by atomic mass is 10.3. The molecular weight excluding hydrogens is 272 g/mol. The van der Waals surface area contributed by atoms with Crippen molar-refractivity contribution >= 4 is 22.9 Å². The standard InChI is InChI=1S/C14H18N4OS/c1-2-17-9-12(15)13(16-17)14(19)18(10-5-6-10)8-11-4-3-7-20-11/h3-4,7,9-10H,2,5-6,8,15H2,1H3. The molecule has 1 saturated carbocycles. The molecule has 0 atom stereocenters. The third-order valence-electron chi connectivity index (χ3n) is 3.47. The van der Waals surface area contributed by atoms with Crippen molar-refractivity contribution in [2.45, 2.75) is 38.9 Å². The van der Waals surface area contributed by atoms with E-state index in [0.717, 1.165) is 12.8 Å². The fraction of sp³-hybridized carbons (Fsp3) is 0.429. The molecule has 0 saturated heterocycles. The van der Waals surface area contributed by atoms with E-state index in [9.17, 15) is 4.79 Å². The predicted molar refractivity (Wildman–Crippen MR) is 79.5 cm³/mol. The number of amides is 1. The zero-order valence-corrected chi connectivity index (χ0v) is 12.3. The largest absolute Gasteiger partial charge is 0.396 e. The Morgan fingerprint density at radius 1 is 1.60 bits per heavy atom. The molecular formula is C14H18N4OS. The quantitative estimate of drug-likeness (QED) is 0.919. The van der Waals surface area contributed by atoms with Crippen molar-refractivity contribution in [2.24, 2.45) is 0 Å². The lowest BCUT2D eigenvalue weighted by Crippen LogP contribution is -2.33. The van der Waals surface area contributed by atoms with Gasteiger partial charge in [-0.2, -0.15) is 5.10 Å². The van der Waals surface area contributed by atoms with Crippen LogP contribution in [0.5, 0.6) is 0 Å². The minimum atomic E-state index is -0.0504. The van der Waals surface area contributed by atoms with Crippen LogP contribution in [0.3, 0.4) is 0 Å². The monoisotopic (exact) mass is 290 g/mol. The molecule has 2 N–H and O–H groups in total. The fourth-order valence-corrected chi connectivity index (χ4v) is 2.93. The number of carbonyl (C=O) groups excluding carboxylic acids is 1. The molecule has 2 heterocycles. The number of nitrogens with two attached hydrogens (primary N) is 1. The number of aryl methyl sites for hydroxylation is 1. The first-order valence-corrected chi connectivity index (χ1v) is 7.73. The number of thiophene rings is 1. The topological polar surface area (TPSA) is 64.2 Å². The molecule has 106 valence electrons. The van der Waals surface area contributed by atoms with Gasteiger partial charge in [-0.1, -0.05) is 6.07 Å². The van der Waals surface area contributed by atoms with Crippen LogP contribution in [0.25, 0.3) is 0 Å². The Morgan fingerprint density at radius 3 is 2.95 bits per heavy atom. The molecule has 5 nitrogen and oxygen atoms in total. The zero-order valence-electron chi connectivity index (χ0n) is 11.5. The highest BCUT2D eigenvalue weighted by Crippen LogP contribution is 2.31. The summed E-state index contributed by atoms with van der Waals surface area (Å²) >= 11 is 1.67. The minimum Gasteiger partial charge on any atom is -0.396 e. The van der Waals surface area contributed by atoms with Gasteiger partial charge in [0.2, 0.25) is 0 Å². The number of nitrogen functional groups attached to an aromatic ring is 1. The number of anilines is 1. The van der Waals surface area contributed by atoms with Gasteiger partial charge in [0.05, 0.1) is 12.2 Å². The first-order valence-electron chi connectivity index (χ1n) is 6.85. The molecule has 0 spiro atoms. The van der Waals surface area contributed by atoms with Gasteiger partial charge in [0, 0.05) is 23.7 Å². The Kier molecular flexibility index (Phi) is 3.48. The van der Waals surface area contributed by atoms with E-state index in [2.05, 4.69) is 11.2 Å². The fourth-order valence-electron chi connectivity index (χ4n) is 2.22. The Morgan fingerprint density at radius 2 is 2.40 bits per heavy atom. The molecule has 6 heteroatoms. The summed E-state index contributed by atoms with van der Waals surface area (Å²) in [7, 11) is 0. The Balaban J connectivity index is 1.83. The molecule has 20 heavy (non-hydrogen) atoms. The van der Waals surface area contributed by atoms with E-state index in [-0.39, 0.29) is 5.91 Å². The summed E-state index contributed by atoms with van der Waals surface area (Å²) in [5.74, 6) is -0.0504.